The lowest BCUT2D eigenvalue weighted by atomic mass is 10.0. The Bertz CT molecular complexity index is 607. The van der Waals surface area contributed by atoms with Crippen molar-refractivity contribution in [1.82, 2.24) is 9.55 Å². The maximum Gasteiger partial charge on any atom is 0.153 e. The standard InChI is InChI=1S/C15H19ClF2N2/c1-4-12(9(2)3)20-13-8-10(17)7-11(18)15(13)19-14(20)5-6-16/h7-9,12H,4-6H2,1-3H3. The third-order valence-electron chi connectivity index (χ3n) is 3.62. The van der Waals surface area contributed by atoms with Crippen LogP contribution in [0.15, 0.2) is 12.1 Å². The summed E-state index contributed by atoms with van der Waals surface area (Å²) < 4.78 is 29.4. The summed E-state index contributed by atoms with van der Waals surface area (Å²) in [5, 5.41) is 0. The van der Waals surface area contributed by atoms with Crippen LogP contribution in [0.5, 0.6) is 0 Å². The van der Waals surface area contributed by atoms with Gasteiger partial charge in [-0.3, -0.25) is 0 Å². The Morgan fingerprint density at radius 1 is 1.30 bits per heavy atom. The molecule has 5 heteroatoms. The summed E-state index contributed by atoms with van der Waals surface area (Å²) in [6.07, 6.45) is 1.41. The zero-order valence-electron chi connectivity index (χ0n) is 12.0. The van der Waals surface area contributed by atoms with Gasteiger partial charge in [-0.25, -0.2) is 13.8 Å². The van der Waals surface area contributed by atoms with Crippen molar-refractivity contribution >= 4 is 22.6 Å². The lowest BCUT2D eigenvalue weighted by molar-refractivity contribution is 0.365. The van der Waals surface area contributed by atoms with E-state index in [2.05, 4.69) is 25.8 Å². The highest BCUT2D eigenvalue weighted by Crippen LogP contribution is 2.30. The molecule has 20 heavy (non-hydrogen) atoms. The monoisotopic (exact) mass is 300 g/mol. The fourth-order valence-electron chi connectivity index (χ4n) is 2.75. The molecule has 0 N–H and O–H groups in total. The molecule has 110 valence electrons. The normalized spacial score (nSPS) is 13.3. The first-order valence-electron chi connectivity index (χ1n) is 6.91. The molecule has 0 bridgehead atoms. The van der Waals surface area contributed by atoms with Crippen molar-refractivity contribution in [2.75, 3.05) is 5.88 Å². The molecule has 2 rings (SSSR count). The van der Waals surface area contributed by atoms with Gasteiger partial charge in [-0.2, -0.15) is 0 Å². The van der Waals surface area contributed by atoms with E-state index in [-0.39, 0.29) is 11.6 Å². The number of halogens is 3. The van der Waals surface area contributed by atoms with E-state index >= 15 is 0 Å². The van der Waals surface area contributed by atoms with Gasteiger partial charge in [0, 0.05) is 24.4 Å². The van der Waals surface area contributed by atoms with Crippen molar-refractivity contribution in [3.63, 3.8) is 0 Å². The minimum atomic E-state index is -0.617. The van der Waals surface area contributed by atoms with Crippen LogP contribution in [0.3, 0.4) is 0 Å². The highest BCUT2D eigenvalue weighted by atomic mass is 35.5. The molecule has 1 atom stereocenters. The molecule has 2 nitrogen and oxygen atoms in total. The molecule has 1 aromatic carbocycles. The van der Waals surface area contributed by atoms with Gasteiger partial charge in [0.25, 0.3) is 0 Å². The van der Waals surface area contributed by atoms with Gasteiger partial charge in [-0.1, -0.05) is 20.8 Å². The number of hydrogen-bond acceptors (Lipinski definition) is 1. The molecule has 0 saturated carbocycles. The summed E-state index contributed by atoms with van der Waals surface area (Å²) in [6, 6.07) is 2.38. The molecular weight excluding hydrogens is 282 g/mol. The first kappa shape index (κ1) is 15.2. The van der Waals surface area contributed by atoms with Gasteiger partial charge < -0.3 is 4.57 Å². The van der Waals surface area contributed by atoms with Gasteiger partial charge in [-0.15, -0.1) is 11.6 Å². The predicted octanol–water partition coefficient (Wildman–Crippen LogP) is 4.70. The summed E-state index contributed by atoms with van der Waals surface area (Å²) in [7, 11) is 0. The van der Waals surface area contributed by atoms with E-state index in [0.717, 1.165) is 18.3 Å². The van der Waals surface area contributed by atoms with Crippen molar-refractivity contribution in [2.24, 2.45) is 5.92 Å². The number of aromatic nitrogens is 2. The summed E-state index contributed by atoms with van der Waals surface area (Å²) in [4.78, 5) is 4.33. The number of aryl methyl sites for hydroxylation is 1. The van der Waals surface area contributed by atoms with Crippen LogP contribution in [0, 0.1) is 17.6 Å². The molecule has 0 spiro atoms. The van der Waals surface area contributed by atoms with E-state index in [0.29, 0.717) is 23.7 Å². The van der Waals surface area contributed by atoms with Gasteiger partial charge in [0.1, 0.15) is 17.2 Å². The van der Waals surface area contributed by atoms with Crippen LogP contribution in [0.2, 0.25) is 0 Å². The largest absolute Gasteiger partial charge is 0.324 e. The van der Waals surface area contributed by atoms with Gasteiger partial charge in [0.05, 0.1) is 5.52 Å². The Kier molecular flexibility index (Phi) is 4.63. The Hall–Kier alpha value is -1.16. The second-order valence-electron chi connectivity index (χ2n) is 5.31. The van der Waals surface area contributed by atoms with E-state index in [9.17, 15) is 8.78 Å². The zero-order valence-corrected chi connectivity index (χ0v) is 12.7. The second-order valence-corrected chi connectivity index (χ2v) is 5.69. The Labute approximate surface area is 122 Å². The zero-order chi connectivity index (χ0) is 14.9. The van der Waals surface area contributed by atoms with Gasteiger partial charge in [0.15, 0.2) is 5.82 Å². The highest BCUT2D eigenvalue weighted by molar-refractivity contribution is 6.17. The number of benzene rings is 1. The van der Waals surface area contributed by atoms with Crippen molar-refractivity contribution in [3.8, 4) is 0 Å². The summed E-state index contributed by atoms with van der Waals surface area (Å²) >= 11 is 5.81. The molecule has 0 radical (unpaired) electrons. The molecule has 0 amide bonds. The molecule has 1 aromatic heterocycles. The number of rotatable bonds is 5. The molecule has 0 fully saturated rings. The summed E-state index contributed by atoms with van der Waals surface area (Å²) in [6.45, 7) is 6.26. The van der Waals surface area contributed by atoms with Crippen LogP contribution in [0.4, 0.5) is 8.78 Å². The Morgan fingerprint density at radius 3 is 2.55 bits per heavy atom. The van der Waals surface area contributed by atoms with Gasteiger partial charge >= 0.3 is 0 Å². The quantitative estimate of drug-likeness (QED) is 0.732. The number of imidazole rings is 1. The van der Waals surface area contributed by atoms with Gasteiger partial charge in [-0.05, 0) is 18.4 Å². The van der Waals surface area contributed by atoms with Crippen LogP contribution in [0.1, 0.15) is 39.1 Å². The maximum atomic E-state index is 13.9. The first-order chi connectivity index (χ1) is 9.49. The lowest BCUT2D eigenvalue weighted by Crippen LogP contribution is -2.17. The van der Waals surface area contributed by atoms with E-state index in [1.165, 1.54) is 6.07 Å². The number of fused-ring (bicyclic) bond motifs is 1. The average Bonchev–Trinajstić information content (AvgIpc) is 2.70. The summed E-state index contributed by atoms with van der Waals surface area (Å²) in [5.74, 6) is 0.278. The topological polar surface area (TPSA) is 17.8 Å². The van der Waals surface area contributed by atoms with E-state index < -0.39 is 11.6 Å². The molecule has 0 aliphatic heterocycles. The fourth-order valence-corrected chi connectivity index (χ4v) is 2.92. The first-order valence-corrected chi connectivity index (χ1v) is 7.44. The average molecular weight is 301 g/mol. The number of alkyl halides is 1. The molecular formula is C15H19ClF2N2. The third-order valence-corrected chi connectivity index (χ3v) is 3.81. The van der Waals surface area contributed by atoms with Crippen molar-refractivity contribution in [1.29, 1.82) is 0 Å². The van der Waals surface area contributed by atoms with Crippen LogP contribution in [-0.2, 0) is 6.42 Å². The molecule has 1 unspecified atom stereocenters. The smallest absolute Gasteiger partial charge is 0.153 e. The minimum absolute atomic E-state index is 0.152. The number of nitrogens with zero attached hydrogens (tertiary/aromatic N) is 2. The highest BCUT2D eigenvalue weighted by Gasteiger charge is 2.22. The second kappa shape index (κ2) is 6.08. The third kappa shape index (κ3) is 2.66. The Morgan fingerprint density at radius 2 is 2.00 bits per heavy atom. The molecule has 0 aliphatic carbocycles. The van der Waals surface area contributed by atoms with Crippen LogP contribution in [0.25, 0.3) is 11.0 Å². The molecule has 1 heterocycles. The van der Waals surface area contributed by atoms with Gasteiger partial charge in [0.2, 0.25) is 0 Å². The predicted molar refractivity (Wildman–Crippen MR) is 78.2 cm³/mol. The van der Waals surface area contributed by atoms with E-state index in [4.69, 9.17) is 11.6 Å². The molecule has 0 aliphatic rings. The summed E-state index contributed by atoms with van der Waals surface area (Å²) in [5.41, 5.74) is 0.744. The van der Waals surface area contributed by atoms with E-state index in [1.54, 1.807) is 0 Å². The SMILES string of the molecule is CCC(C(C)C)n1c(CCCl)nc2c(F)cc(F)cc21. The van der Waals surface area contributed by atoms with Crippen LogP contribution in [-0.4, -0.2) is 15.4 Å². The Balaban J connectivity index is 2.73. The molecule has 2 aromatic rings. The van der Waals surface area contributed by atoms with Crippen molar-refractivity contribution < 1.29 is 8.78 Å². The van der Waals surface area contributed by atoms with Crippen molar-refractivity contribution in [2.45, 2.75) is 39.7 Å². The fraction of sp³-hybridized carbons (Fsp3) is 0.533. The maximum absolute atomic E-state index is 13.9. The lowest BCUT2D eigenvalue weighted by Gasteiger charge is -2.24. The number of hydrogen-bond donors (Lipinski definition) is 0. The van der Waals surface area contributed by atoms with Crippen molar-refractivity contribution in [3.05, 3.63) is 29.6 Å². The van der Waals surface area contributed by atoms with Crippen LogP contribution >= 0.6 is 11.6 Å². The minimum Gasteiger partial charge on any atom is -0.324 e. The molecule has 0 saturated heterocycles. The van der Waals surface area contributed by atoms with E-state index in [1.807, 2.05) is 4.57 Å². The van der Waals surface area contributed by atoms with Crippen LogP contribution < -0.4 is 0 Å².